The number of hydrogen-bond acceptors (Lipinski definition) is 0. The minimum Gasteiger partial charge on any atom is -0.273 e. The van der Waals surface area contributed by atoms with Crippen LogP contribution in [0.25, 0.3) is 21.9 Å². The molecule has 5 heteroatoms. The van der Waals surface area contributed by atoms with Gasteiger partial charge in [-0.3, -0.25) is 6.08 Å². The van der Waals surface area contributed by atoms with Gasteiger partial charge in [-0.2, -0.15) is 18.2 Å². The van der Waals surface area contributed by atoms with Crippen LogP contribution in [0.1, 0.15) is 6.42 Å². The first kappa shape index (κ1) is 29.4. The molecule has 0 spiro atoms. The van der Waals surface area contributed by atoms with Gasteiger partial charge in [-0.15, -0.1) is 60.2 Å². The van der Waals surface area contributed by atoms with Crippen LogP contribution >= 0.6 is 24.8 Å². The summed E-state index contributed by atoms with van der Waals surface area (Å²) < 4.78 is 0. The molecule has 0 saturated carbocycles. The van der Waals surface area contributed by atoms with Gasteiger partial charge >= 0.3 is 41.9 Å². The SMILES string of the molecule is C[Si](C)(C)c1ccc(-c2cccc3[cH-]ccc23)cc1.C[Si](C)=[Zr+2].Cl.Cl.[C-]1=CC=CC1. The zero-order chi connectivity index (χ0) is 20.6. The summed E-state index contributed by atoms with van der Waals surface area (Å²) in [5.74, 6) is 0. The summed E-state index contributed by atoms with van der Waals surface area (Å²) in [7, 11) is -1.20. The second-order valence-corrected chi connectivity index (χ2v) is 22.6. The molecule has 158 valence electrons. The molecule has 0 aromatic heterocycles. The fraction of sp³-hybridized carbons (Fsp3) is 0.240. The molecule has 1 aliphatic carbocycles. The van der Waals surface area contributed by atoms with Gasteiger partial charge < -0.3 is 0 Å². The Morgan fingerprint density at radius 3 is 2.07 bits per heavy atom. The summed E-state index contributed by atoms with van der Waals surface area (Å²) in [6.45, 7) is 11.8. The number of halogens is 2. The van der Waals surface area contributed by atoms with Crippen molar-refractivity contribution >= 4 is 54.3 Å². The molecule has 0 atom stereocenters. The number of allylic oxidation sites excluding steroid dienone is 4. The maximum atomic E-state index is 2.99. The fourth-order valence-electron chi connectivity index (χ4n) is 2.90. The van der Waals surface area contributed by atoms with Gasteiger partial charge in [-0.1, -0.05) is 60.7 Å². The van der Waals surface area contributed by atoms with Crippen molar-refractivity contribution in [2.24, 2.45) is 0 Å². The van der Waals surface area contributed by atoms with Crippen molar-refractivity contribution in [3.8, 4) is 11.1 Å². The van der Waals surface area contributed by atoms with Crippen molar-refractivity contribution < 1.29 is 23.3 Å². The van der Waals surface area contributed by atoms with E-state index in [1.165, 1.54) is 27.1 Å². The Morgan fingerprint density at radius 2 is 1.60 bits per heavy atom. The van der Waals surface area contributed by atoms with E-state index in [0.717, 1.165) is 6.42 Å². The van der Waals surface area contributed by atoms with E-state index in [1.807, 2.05) is 12.2 Å². The molecule has 0 saturated heterocycles. The molecule has 0 unspecified atom stereocenters. The topological polar surface area (TPSA) is 0 Å². The number of benzene rings is 2. The Labute approximate surface area is 211 Å². The Bertz CT molecular complexity index is 951. The Morgan fingerprint density at radius 1 is 0.967 bits per heavy atom. The molecule has 0 heterocycles. The quantitative estimate of drug-likeness (QED) is 0.227. The molecule has 1 aliphatic rings. The van der Waals surface area contributed by atoms with Crippen molar-refractivity contribution in [2.45, 2.75) is 39.2 Å². The van der Waals surface area contributed by atoms with Gasteiger partial charge in [-0.05, 0) is 5.56 Å². The normalized spacial score (nSPS) is 11.4. The van der Waals surface area contributed by atoms with Crippen molar-refractivity contribution in [3.05, 3.63) is 85.0 Å². The third-order valence-corrected chi connectivity index (χ3v) is 6.39. The molecule has 4 rings (SSSR count). The minimum absolute atomic E-state index is 0. The first-order chi connectivity index (χ1) is 13.3. The summed E-state index contributed by atoms with van der Waals surface area (Å²) in [5.41, 5.74) is 2.87. The molecule has 0 nitrogen and oxygen atoms in total. The number of fused-ring (bicyclic) bond motifs is 1. The maximum Gasteiger partial charge on any atom is -0.109 e. The number of rotatable bonds is 2. The zero-order valence-electron chi connectivity index (χ0n) is 18.5. The van der Waals surface area contributed by atoms with E-state index in [2.05, 4.69) is 106 Å². The van der Waals surface area contributed by atoms with Crippen LogP contribution in [0.5, 0.6) is 0 Å². The summed E-state index contributed by atoms with van der Waals surface area (Å²) in [4.78, 5) is 0. The van der Waals surface area contributed by atoms with Crippen molar-refractivity contribution in [3.63, 3.8) is 0 Å². The minimum atomic E-state index is -1.20. The van der Waals surface area contributed by atoms with Crippen LogP contribution in [0, 0.1) is 6.08 Å². The third-order valence-electron chi connectivity index (χ3n) is 4.33. The van der Waals surface area contributed by atoms with E-state index in [0.29, 0.717) is 0 Å². The predicted molar refractivity (Wildman–Crippen MR) is 142 cm³/mol. The van der Waals surface area contributed by atoms with Gasteiger partial charge in [0.25, 0.3) is 0 Å². The van der Waals surface area contributed by atoms with Crippen LogP contribution < -0.4 is 5.19 Å². The van der Waals surface area contributed by atoms with E-state index in [4.69, 9.17) is 0 Å². The van der Waals surface area contributed by atoms with E-state index in [1.54, 1.807) is 23.3 Å². The van der Waals surface area contributed by atoms with Crippen LogP contribution in [-0.4, -0.2) is 13.5 Å². The zero-order valence-corrected chi connectivity index (χ0v) is 24.6. The van der Waals surface area contributed by atoms with Gasteiger partial charge in [0, 0.05) is 0 Å². The summed E-state index contributed by atoms with van der Waals surface area (Å²) in [6.07, 6.45) is 10.0. The summed E-state index contributed by atoms with van der Waals surface area (Å²) in [6, 6.07) is 22.2. The second kappa shape index (κ2) is 14.5. The van der Waals surface area contributed by atoms with E-state index >= 15 is 0 Å². The molecule has 0 radical (unpaired) electrons. The summed E-state index contributed by atoms with van der Waals surface area (Å²) >= 11 is 1.74. The first-order valence-electron chi connectivity index (χ1n) is 9.78. The van der Waals surface area contributed by atoms with Gasteiger partial charge in [0.05, 0.1) is 8.07 Å². The molecule has 0 fully saturated rings. The van der Waals surface area contributed by atoms with Crippen molar-refractivity contribution in [2.75, 3.05) is 0 Å². The van der Waals surface area contributed by atoms with E-state index in [9.17, 15) is 0 Å². The third kappa shape index (κ3) is 9.70. The molecule has 3 aromatic carbocycles. The molecule has 0 N–H and O–H groups in total. The van der Waals surface area contributed by atoms with Gasteiger partial charge in [0.2, 0.25) is 0 Å². The van der Waals surface area contributed by atoms with Gasteiger partial charge in [0.1, 0.15) is 0 Å². The van der Waals surface area contributed by atoms with E-state index < -0.39 is 8.07 Å². The largest absolute Gasteiger partial charge is 0.273 e. The van der Waals surface area contributed by atoms with Gasteiger partial charge in [0.15, 0.2) is 0 Å². The molecular formula is C25H32Cl2Si2Zr. The van der Waals surface area contributed by atoms with Crippen LogP contribution in [0.15, 0.2) is 78.9 Å². The number of hydrogen-bond donors (Lipinski definition) is 0. The second-order valence-electron chi connectivity index (χ2n) is 8.16. The van der Waals surface area contributed by atoms with Gasteiger partial charge in [-0.25, -0.2) is 12.2 Å². The summed E-state index contributed by atoms with van der Waals surface area (Å²) in [5, 5.41) is 4.20. The van der Waals surface area contributed by atoms with Crippen LogP contribution in [0.3, 0.4) is 0 Å². The van der Waals surface area contributed by atoms with Crippen molar-refractivity contribution in [1.82, 2.24) is 0 Å². The fourth-order valence-corrected chi connectivity index (χ4v) is 4.07. The molecular weight excluding hydrogens is 519 g/mol. The molecule has 3 aromatic rings. The molecule has 30 heavy (non-hydrogen) atoms. The Balaban J connectivity index is 0.000000645. The first-order valence-corrected chi connectivity index (χ1v) is 19.5. The van der Waals surface area contributed by atoms with Crippen LogP contribution in [0.2, 0.25) is 32.7 Å². The Kier molecular flexibility index (Phi) is 14.2. The van der Waals surface area contributed by atoms with Crippen molar-refractivity contribution in [1.29, 1.82) is 0 Å². The predicted octanol–water partition coefficient (Wildman–Crippen LogP) is 7.70. The molecule has 0 amide bonds. The van der Waals surface area contributed by atoms with Crippen LogP contribution in [-0.2, 0) is 23.3 Å². The van der Waals surface area contributed by atoms with Crippen LogP contribution in [0.4, 0.5) is 0 Å². The Hall–Kier alpha value is -0.573. The monoisotopic (exact) mass is 548 g/mol. The molecule has 0 bridgehead atoms. The average Bonchev–Trinajstić information content (AvgIpc) is 3.35. The smallest absolute Gasteiger partial charge is 0.109 e. The average molecular weight is 551 g/mol. The van der Waals surface area contributed by atoms with E-state index in [-0.39, 0.29) is 30.2 Å². The maximum absolute atomic E-state index is 2.99. The standard InChI is InChI=1S/C18H19Si.C5H5.C2H6Si.2ClH.Zr/c1-19(2,3)16-12-10-15(11-13-16)18-9-5-7-14-6-4-8-17(14)18;1-2-4-5-3-1;1-3-2;;;/h4-13H,1-3H3;1-3H,4H2;1-2H3;2*1H;/q2*-1;;;;+2. The molecule has 0 aliphatic heterocycles.